The molecule has 5 heteroatoms. The Kier molecular flexibility index (Phi) is 7.05. The number of benzene rings is 1. The molecule has 0 atom stereocenters. The molecule has 1 aliphatic rings. The maximum Gasteiger partial charge on any atom is 0.0449 e. The Hall–Kier alpha value is 0.304. The van der Waals surface area contributed by atoms with Gasteiger partial charge in [0.2, 0.25) is 0 Å². The SMILES string of the molecule is Cc1cc(C)cc(C[SiH]2C([Si](C)(C)C)([Si](C)(C)C)CCC2([Si](C)(C)C)[Si](C)(C)C)c1. The molecule has 0 bridgehead atoms. The highest BCUT2D eigenvalue weighted by Gasteiger charge is 2.71. The van der Waals surface area contributed by atoms with E-state index in [2.05, 4.69) is 111 Å². The summed E-state index contributed by atoms with van der Waals surface area (Å²) in [6.45, 7) is 37.7. The zero-order valence-electron chi connectivity index (χ0n) is 22.9. The summed E-state index contributed by atoms with van der Waals surface area (Å²) < 4.78 is 1.52. The fourth-order valence-electron chi connectivity index (χ4n) is 8.78. The minimum Gasteiger partial charge on any atom is -0.0696 e. The lowest BCUT2D eigenvalue weighted by molar-refractivity contribution is 0.763. The van der Waals surface area contributed by atoms with Crippen LogP contribution in [0.5, 0.6) is 0 Å². The van der Waals surface area contributed by atoms with Crippen molar-refractivity contribution in [1.29, 1.82) is 0 Å². The fourth-order valence-corrected chi connectivity index (χ4v) is 56.1. The van der Waals surface area contributed by atoms with Crippen molar-refractivity contribution in [2.24, 2.45) is 0 Å². The first-order valence-electron chi connectivity index (χ1n) is 12.3. The zero-order valence-corrected chi connectivity index (χ0v) is 28.1. The molecule has 0 saturated carbocycles. The highest BCUT2D eigenvalue weighted by molar-refractivity contribution is 7.21. The van der Waals surface area contributed by atoms with Crippen LogP contribution in [-0.2, 0) is 6.04 Å². The Morgan fingerprint density at radius 1 is 0.600 bits per heavy atom. The van der Waals surface area contributed by atoms with Crippen LogP contribution in [0.2, 0.25) is 87.1 Å². The van der Waals surface area contributed by atoms with Gasteiger partial charge >= 0.3 is 0 Å². The van der Waals surface area contributed by atoms with Crippen molar-refractivity contribution in [1.82, 2.24) is 0 Å². The molecule has 1 heterocycles. The van der Waals surface area contributed by atoms with Crippen LogP contribution >= 0.6 is 0 Å². The van der Waals surface area contributed by atoms with Gasteiger partial charge in [0.1, 0.15) is 0 Å². The quantitative estimate of drug-likeness (QED) is 0.350. The van der Waals surface area contributed by atoms with Gasteiger partial charge in [0.05, 0.1) is 0 Å². The second-order valence-corrected chi connectivity index (χ2v) is 43.1. The first-order valence-corrected chi connectivity index (χ1v) is 28.2. The first kappa shape index (κ1) is 26.6. The van der Waals surface area contributed by atoms with Gasteiger partial charge in [-0.3, -0.25) is 0 Å². The van der Waals surface area contributed by atoms with Crippen molar-refractivity contribution in [3.8, 4) is 0 Å². The summed E-state index contributed by atoms with van der Waals surface area (Å²) in [6.07, 6.45) is 3.16. The Morgan fingerprint density at radius 2 is 0.900 bits per heavy atom. The van der Waals surface area contributed by atoms with Crippen LogP contribution in [0.1, 0.15) is 29.5 Å². The lowest BCUT2D eigenvalue weighted by Gasteiger charge is -2.61. The molecule has 172 valence electrons. The monoisotopic (exact) mass is 492 g/mol. The van der Waals surface area contributed by atoms with Gasteiger partial charge < -0.3 is 0 Å². The minimum absolute atomic E-state index is 0.762. The lowest BCUT2D eigenvalue weighted by atomic mass is 10.1. The molecule has 1 aliphatic heterocycles. The number of hydrogen-bond acceptors (Lipinski definition) is 0. The van der Waals surface area contributed by atoms with E-state index in [1.54, 1.807) is 18.4 Å². The number of aryl methyl sites for hydroxylation is 2. The van der Waals surface area contributed by atoms with Crippen molar-refractivity contribution in [2.45, 2.75) is 120 Å². The van der Waals surface area contributed by atoms with E-state index in [0.717, 1.165) is 8.57 Å². The third-order valence-electron chi connectivity index (χ3n) is 9.18. The van der Waals surface area contributed by atoms with Crippen molar-refractivity contribution in [3.05, 3.63) is 34.9 Å². The predicted octanol–water partition coefficient (Wildman–Crippen LogP) is 8.40. The van der Waals surface area contributed by atoms with E-state index >= 15 is 0 Å². The molecule has 0 N–H and O–H groups in total. The molecular formula is C25H52Si5. The van der Waals surface area contributed by atoms with E-state index in [9.17, 15) is 0 Å². The van der Waals surface area contributed by atoms with Gasteiger partial charge in [0.15, 0.2) is 0 Å². The molecule has 1 aromatic carbocycles. The maximum atomic E-state index is 2.76. The molecule has 0 nitrogen and oxygen atoms in total. The molecule has 0 radical (unpaired) electrons. The Morgan fingerprint density at radius 3 is 1.17 bits per heavy atom. The van der Waals surface area contributed by atoms with Crippen LogP contribution < -0.4 is 0 Å². The summed E-state index contributed by atoms with van der Waals surface area (Å²) in [5, 5.41) is 0. The van der Waals surface area contributed by atoms with E-state index in [0.29, 0.717) is 0 Å². The van der Waals surface area contributed by atoms with Crippen LogP contribution in [0.15, 0.2) is 18.2 Å². The van der Waals surface area contributed by atoms with Crippen molar-refractivity contribution in [3.63, 3.8) is 0 Å². The lowest BCUT2D eigenvalue weighted by Crippen LogP contribution is -2.69. The topological polar surface area (TPSA) is 0 Å². The second kappa shape index (κ2) is 7.96. The van der Waals surface area contributed by atoms with Crippen molar-refractivity contribution >= 4 is 41.1 Å². The molecule has 1 fully saturated rings. The molecule has 0 aromatic heterocycles. The van der Waals surface area contributed by atoms with E-state index < -0.39 is 41.1 Å². The predicted molar refractivity (Wildman–Crippen MR) is 155 cm³/mol. The highest BCUT2D eigenvalue weighted by atomic mass is 28.5. The van der Waals surface area contributed by atoms with Crippen molar-refractivity contribution in [2.75, 3.05) is 0 Å². The van der Waals surface area contributed by atoms with E-state index in [1.807, 2.05) is 0 Å². The smallest absolute Gasteiger partial charge is 0.0449 e. The summed E-state index contributed by atoms with van der Waals surface area (Å²) in [6, 6.07) is 8.94. The van der Waals surface area contributed by atoms with Gasteiger partial charge in [-0.15, -0.1) is 0 Å². The summed E-state index contributed by atoms with van der Waals surface area (Å²) in [5.41, 5.74) is 4.62. The molecule has 1 saturated heterocycles. The first-order chi connectivity index (χ1) is 13.2. The van der Waals surface area contributed by atoms with Crippen LogP contribution in [0.4, 0.5) is 0 Å². The third kappa shape index (κ3) is 4.15. The molecule has 2 rings (SSSR count). The molecule has 0 spiro atoms. The molecule has 0 amide bonds. The minimum atomic E-state index is -1.33. The standard InChI is InChI=1S/C25H52Si5/c1-21-17-22(2)19-23(18-21)20-26-24(27(3,4)5,28(6,7)8)15-16-25(26,29(9,10)11)30(12,13)14/h17-19,26H,15-16,20H2,1-14H3. The van der Waals surface area contributed by atoms with Crippen LogP contribution in [0.25, 0.3) is 0 Å². The normalized spacial score (nSPS) is 20.6. The summed E-state index contributed by atoms with van der Waals surface area (Å²) >= 11 is 0. The Balaban J connectivity index is 2.89. The zero-order chi connectivity index (χ0) is 23.6. The van der Waals surface area contributed by atoms with Crippen molar-refractivity contribution < 1.29 is 0 Å². The van der Waals surface area contributed by atoms with Gasteiger partial charge in [-0.1, -0.05) is 126 Å². The van der Waals surface area contributed by atoms with Gasteiger partial charge in [0.25, 0.3) is 0 Å². The molecule has 0 unspecified atom stereocenters. The van der Waals surface area contributed by atoms with Gasteiger partial charge in [0, 0.05) is 41.1 Å². The highest BCUT2D eigenvalue weighted by Crippen LogP contribution is 2.71. The molecule has 0 aliphatic carbocycles. The maximum absolute atomic E-state index is 2.76. The average molecular weight is 493 g/mol. The molecule has 1 aromatic rings. The largest absolute Gasteiger partial charge is 0.0696 e. The van der Waals surface area contributed by atoms with Crippen LogP contribution in [0.3, 0.4) is 0 Å². The summed E-state index contributed by atoms with van der Waals surface area (Å²) in [5.74, 6) is 0. The molecule has 30 heavy (non-hydrogen) atoms. The second-order valence-electron chi connectivity index (χ2n) is 14.7. The van der Waals surface area contributed by atoms with E-state index in [1.165, 1.54) is 17.2 Å². The summed E-state index contributed by atoms with van der Waals surface area (Å²) in [4.78, 5) is 0. The Bertz CT molecular complexity index is 680. The van der Waals surface area contributed by atoms with Gasteiger partial charge in [-0.2, -0.15) is 0 Å². The van der Waals surface area contributed by atoms with Gasteiger partial charge in [-0.05, 0) is 28.5 Å². The van der Waals surface area contributed by atoms with Gasteiger partial charge in [-0.25, -0.2) is 0 Å². The number of rotatable bonds is 6. The van der Waals surface area contributed by atoms with E-state index in [-0.39, 0.29) is 0 Å². The van der Waals surface area contributed by atoms with Crippen LogP contribution in [-0.4, -0.2) is 41.1 Å². The number of hydrogen-bond donors (Lipinski definition) is 0. The fraction of sp³-hybridized carbons (Fsp3) is 0.760. The van der Waals surface area contributed by atoms with E-state index in [4.69, 9.17) is 0 Å². The third-order valence-corrected chi connectivity index (χ3v) is 48.3. The summed E-state index contributed by atoms with van der Waals surface area (Å²) in [7, 11) is -6.43. The molecular weight excluding hydrogens is 441 g/mol. The Labute approximate surface area is 195 Å². The average Bonchev–Trinajstić information content (AvgIpc) is 2.81. The van der Waals surface area contributed by atoms with Crippen LogP contribution in [0, 0.1) is 13.8 Å².